The molecule has 0 radical (unpaired) electrons. The van der Waals surface area contributed by atoms with Crippen molar-refractivity contribution in [3.05, 3.63) is 22.5 Å². The topological polar surface area (TPSA) is 0 Å². The summed E-state index contributed by atoms with van der Waals surface area (Å²) in [7, 11) is 7.65. The van der Waals surface area contributed by atoms with Gasteiger partial charge in [-0.25, -0.2) is 0 Å². The van der Waals surface area contributed by atoms with Crippen LogP contribution in [0.4, 0.5) is 0 Å². The first-order chi connectivity index (χ1) is 4.97. The van der Waals surface area contributed by atoms with E-state index in [1.807, 2.05) is 43.2 Å². The molecular weight excluding hydrogens is 200 g/mol. The largest absolute Gasteiger partial charge is 0.0850 e. The zero-order valence-electron chi connectivity index (χ0n) is 5.15. The van der Waals surface area contributed by atoms with Crippen molar-refractivity contribution in [3.8, 4) is 0 Å². The Morgan fingerprint density at radius 3 is 3.10 bits per heavy atom. The van der Waals surface area contributed by atoms with Crippen LogP contribution in [0.15, 0.2) is 22.5 Å². The Hall–Kier alpha value is 0.880. The molecule has 0 amide bonds. The third-order valence-electron chi connectivity index (χ3n) is 1.26. The van der Waals surface area contributed by atoms with Crippen LogP contribution in [0.5, 0.6) is 0 Å². The van der Waals surface area contributed by atoms with Crippen LogP contribution in [0.2, 0.25) is 0 Å². The van der Waals surface area contributed by atoms with Gasteiger partial charge >= 0.3 is 0 Å². The number of hydrogen-bond donors (Lipinski definition) is 0. The Bertz CT molecular complexity index is 184. The van der Waals surface area contributed by atoms with Gasteiger partial charge in [-0.1, -0.05) is 55.3 Å². The van der Waals surface area contributed by atoms with Crippen molar-refractivity contribution in [2.24, 2.45) is 0 Å². The summed E-state index contributed by atoms with van der Waals surface area (Å²) < 4.78 is 0. The molecule has 0 saturated heterocycles. The van der Waals surface area contributed by atoms with Gasteiger partial charge in [-0.2, -0.15) is 0 Å². The van der Waals surface area contributed by atoms with Gasteiger partial charge in [0, 0.05) is 10.7 Å². The first-order valence-electron chi connectivity index (χ1n) is 2.95. The van der Waals surface area contributed by atoms with Gasteiger partial charge in [0.2, 0.25) is 0 Å². The molecule has 0 fully saturated rings. The lowest BCUT2D eigenvalue weighted by atomic mass is 10.3. The van der Waals surface area contributed by atoms with E-state index < -0.39 is 0 Å². The van der Waals surface area contributed by atoms with Crippen LogP contribution in [0.3, 0.4) is 0 Å². The van der Waals surface area contributed by atoms with Crippen molar-refractivity contribution in [2.75, 3.05) is 5.75 Å². The van der Waals surface area contributed by atoms with Crippen molar-refractivity contribution in [1.29, 1.82) is 0 Å². The summed E-state index contributed by atoms with van der Waals surface area (Å²) in [5.41, 5.74) is 0. The van der Waals surface area contributed by atoms with Gasteiger partial charge in [-0.05, 0) is 5.41 Å². The summed E-state index contributed by atoms with van der Waals surface area (Å²) in [5.74, 6) is 1.19. The molecule has 1 atom stereocenters. The lowest BCUT2D eigenvalue weighted by molar-refractivity contribution is 1.40. The highest BCUT2D eigenvalue weighted by atomic mass is 33.1. The molecule has 4 heteroatoms. The van der Waals surface area contributed by atoms with E-state index in [1.165, 1.54) is 10.7 Å². The molecule has 10 heavy (non-hydrogen) atoms. The van der Waals surface area contributed by atoms with Gasteiger partial charge in [0.1, 0.15) is 0 Å². The SMILES string of the molecule is C1=CC(C2=CCSS2)SS1. The van der Waals surface area contributed by atoms with Crippen molar-refractivity contribution in [2.45, 2.75) is 5.25 Å². The molecular formula is C6H6S4. The minimum absolute atomic E-state index is 0.657. The summed E-state index contributed by atoms with van der Waals surface area (Å²) in [5, 5.41) is 2.84. The maximum Gasteiger partial charge on any atom is 0.0657 e. The van der Waals surface area contributed by atoms with Crippen molar-refractivity contribution < 1.29 is 0 Å². The highest BCUT2D eigenvalue weighted by Gasteiger charge is 2.19. The van der Waals surface area contributed by atoms with E-state index in [0.717, 1.165) is 0 Å². The molecule has 0 N–H and O–H groups in total. The fraction of sp³-hybridized carbons (Fsp3) is 0.333. The molecule has 0 bridgehead atoms. The molecule has 0 aliphatic carbocycles. The van der Waals surface area contributed by atoms with Crippen LogP contribution in [-0.4, -0.2) is 11.0 Å². The van der Waals surface area contributed by atoms with Crippen LogP contribution in [-0.2, 0) is 0 Å². The summed E-state index contributed by atoms with van der Waals surface area (Å²) in [4.78, 5) is 1.54. The minimum Gasteiger partial charge on any atom is -0.0850 e. The van der Waals surface area contributed by atoms with E-state index in [0.29, 0.717) is 5.25 Å². The Kier molecular flexibility index (Phi) is 2.65. The highest BCUT2D eigenvalue weighted by Crippen LogP contribution is 2.48. The van der Waals surface area contributed by atoms with Gasteiger partial charge < -0.3 is 0 Å². The summed E-state index contributed by atoms with van der Waals surface area (Å²) in [6.45, 7) is 0. The summed E-state index contributed by atoms with van der Waals surface area (Å²) >= 11 is 0. The second kappa shape index (κ2) is 3.52. The first-order valence-corrected chi connectivity index (χ1v) is 7.54. The van der Waals surface area contributed by atoms with E-state index in [-0.39, 0.29) is 0 Å². The van der Waals surface area contributed by atoms with Gasteiger partial charge in [-0.15, -0.1) is 0 Å². The van der Waals surface area contributed by atoms with E-state index in [1.54, 1.807) is 0 Å². The van der Waals surface area contributed by atoms with Crippen LogP contribution in [0.25, 0.3) is 0 Å². The molecule has 1 unspecified atom stereocenters. The van der Waals surface area contributed by atoms with E-state index in [4.69, 9.17) is 0 Å². The molecule has 0 spiro atoms. The van der Waals surface area contributed by atoms with Gasteiger partial charge in [-0.3, -0.25) is 0 Å². The molecule has 0 saturated carbocycles. The fourth-order valence-electron chi connectivity index (χ4n) is 0.786. The maximum absolute atomic E-state index is 2.34. The van der Waals surface area contributed by atoms with E-state index in [9.17, 15) is 0 Å². The summed E-state index contributed by atoms with van der Waals surface area (Å²) in [6, 6.07) is 0. The molecule has 0 aromatic carbocycles. The van der Waals surface area contributed by atoms with E-state index >= 15 is 0 Å². The quantitative estimate of drug-likeness (QED) is 0.601. The van der Waals surface area contributed by atoms with Gasteiger partial charge in [0.05, 0.1) is 5.25 Å². The second-order valence-corrected chi connectivity index (χ2v) is 6.65. The normalized spacial score (nSPS) is 31.2. The standard InChI is InChI=1S/C6H6S4/c1-3-7-9-5(1)6-2-4-8-10-6/h1-3,5H,4H2. The molecule has 2 rings (SSSR count). The van der Waals surface area contributed by atoms with Crippen LogP contribution < -0.4 is 0 Å². The zero-order valence-corrected chi connectivity index (χ0v) is 8.42. The number of rotatable bonds is 1. The monoisotopic (exact) mass is 206 g/mol. The van der Waals surface area contributed by atoms with Crippen molar-refractivity contribution in [1.82, 2.24) is 0 Å². The first kappa shape index (κ1) is 7.53. The van der Waals surface area contributed by atoms with Crippen LogP contribution in [0.1, 0.15) is 0 Å². The molecule has 2 aliphatic heterocycles. The predicted molar refractivity (Wildman–Crippen MR) is 56.2 cm³/mol. The molecule has 2 aliphatic rings. The molecule has 0 aromatic heterocycles. The third-order valence-corrected chi connectivity index (χ3v) is 6.06. The van der Waals surface area contributed by atoms with Gasteiger partial charge in [0.25, 0.3) is 0 Å². The Balaban J connectivity index is 2.04. The Labute approximate surface area is 76.5 Å². The van der Waals surface area contributed by atoms with Crippen LogP contribution >= 0.6 is 43.2 Å². The zero-order chi connectivity index (χ0) is 6.81. The van der Waals surface area contributed by atoms with Crippen molar-refractivity contribution in [3.63, 3.8) is 0 Å². The molecule has 0 aromatic rings. The second-order valence-electron chi connectivity index (χ2n) is 1.92. The molecule has 2 heterocycles. The average molecular weight is 206 g/mol. The highest BCUT2D eigenvalue weighted by molar-refractivity contribution is 8.80. The smallest absolute Gasteiger partial charge is 0.0657 e. The van der Waals surface area contributed by atoms with Crippen LogP contribution in [0, 0.1) is 0 Å². The number of hydrogen-bond acceptors (Lipinski definition) is 4. The molecule has 54 valence electrons. The maximum atomic E-state index is 2.34. The molecule has 0 nitrogen and oxygen atoms in total. The van der Waals surface area contributed by atoms with Gasteiger partial charge in [0.15, 0.2) is 0 Å². The Morgan fingerprint density at radius 2 is 2.50 bits per heavy atom. The fourth-order valence-corrected chi connectivity index (χ4v) is 5.74. The lowest BCUT2D eigenvalue weighted by Crippen LogP contribution is -1.91. The van der Waals surface area contributed by atoms with Crippen molar-refractivity contribution >= 4 is 43.2 Å². The predicted octanol–water partition coefficient (Wildman–Crippen LogP) is 3.54. The lowest BCUT2D eigenvalue weighted by Gasteiger charge is -2.03. The summed E-state index contributed by atoms with van der Waals surface area (Å²) in [6.07, 6.45) is 4.61. The van der Waals surface area contributed by atoms with E-state index in [2.05, 4.69) is 17.6 Å². The average Bonchev–Trinajstić information content (AvgIpc) is 2.59. The Morgan fingerprint density at radius 1 is 1.50 bits per heavy atom. The minimum atomic E-state index is 0.657. The third kappa shape index (κ3) is 1.55.